The average molecular weight is 360 g/mol. The fourth-order valence-corrected chi connectivity index (χ4v) is 2.46. The summed E-state index contributed by atoms with van der Waals surface area (Å²) in [6.07, 6.45) is 0. The predicted molar refractivity (Wildman–Crippen MR) is 83.0 cm³/mol. The standard InChI is InChI=1S/C13H9BrCl2N2O/c14-8-6-7(4-5-11(8)17)18-13(19)12-9(15)2-1-3-10(12)16/h1-6H,17H2,(H,18,19). The fraction of sp³-hybridized carbons (Fsp3) is 0. The highest BCUT2D eigenvalue weighted by atomic mass is 79.9. The molecule has 0 bridgehead atoms. The molecule has 6 heteroatoms. The van der Waals surface area contributed by atoms with E-state index < -0.39 is 0 Å². The van der Waals surface area contributed by atoms with Gasteiger partial charge in [0.05, 0.1) is 15.6 Å². The SMILES string of the molecule is Nc1ccc(NC(=O)c2c(Cl)cccc2Cl)cc1Br. The first-order valence-electron chi connectivity index (χ1n) is 5.29. The van der Waals surface area contributed by atoms with Crippen LogP contribution in [0.4, 0.5) is 11.4 Å². The lowest BCUT2D eigenvalue weighted by atomic mass is 10.2. The topological polar surface area (TPSA) is 55.1 Å². The summed E-state index contributed by atoms with van der Waals surface area (Å²) >= 11 is 15.2. The summed E-state index contributed by atoms with van der Waals surface area (Å²) < 4.78 is 0.704. The first kappa shape index (κ1) is 14.2. The summed E-state index contributed by atoms with van der Waals surface area (Å²) in [6.45, 7) is 0. The van der Waals surface area contributed by atoms with E-state index in [4.69, 9.17) is 28.9 Å². The molecule has 0 fully saturated rings. The molecule has 0 aliphatic heterocycles. The van der Waals surface area contributed by atoms with Gasteiger partial charge in [0, 0.05) is 15.8 Å². The maximum Gasteiger partial charge on any atom is 0.258 e. The summed E-state index contributed by atoms with van der Waals surface area (Å²) in [5.74, 6) is -0.368. The van der Waals surface area contributed by atoms with Crippen molar-refractivity contribution >= 4 is 56.4 Å². The van der Waals surface area contributed by atoms with E-state index in [-0.39, 0.29) is 11.5 Å². The number of nitrogen functional groups attached to an aromatic ring is 1. The molecule has 3 N–H and O–H groups in total. The molecule has 0 radical (unpaired) electrons. The minimum Gasteiger partial charge on any atom is -0.398 e. The Bertz CT molecular complexity index is 626. The summed E-state index contributed by atoms with van der Waals surface area (Å²) in [6, 6.07) is 10.00. The summed E-state index contributed by atoms with van der Waals surface area (Å²) in [5, 5.41) is 3.32. The van der Waals surface area contributed by atoms with Crippen molar-refractivity contribution in [2.45, 2.75) is 0 Å². The molecular weight excluding hydrogens is 351 g/mol. The van der Waals surface area contributed by atoms with Crippen LogP contribution in [0, 0.1) is 0 Å². The van der Waals surface area contributed by atoms with Crippen molar-refractivity contribution < 1.29 is 4.79 Å². The highest BCUT2D eigenvalue weighted by molar-refractivity contribution is 9.10. The van der Waals surface area contributed by atoms with Crippen LogP contribution in [0.3, 0.4) is 0 Å². The van der Waals surface area contributed by atoms with E-state index >= 15 is 0 Å². The number of benzene rings is 2. The molecule has 0 saturated carbocycles. The van der Waals surface area contributed by atoms with Crippen molar-refractivity contribution in [1.29, 1.82) is 0 Å². The van der Waals surface area contributed by atoms with Crippen LogP contribution in [0.5, 0.6) is 0 Å². The third-order valence-corrected chi connectivity index (χ3v) is 3.76. The monoisotopic (exact) mass is 358 g/mol. The molecule has 1 amide bonds. The zero-order valence-corrected chi connectivity index (χ0v) is 12.7. The Labute approximate surface area is 128 Å². The molecule has 0 aromatic heterocycles. The van der Waals surface area contributed by atoms with Gasteiger partial charge in [-0.3, -0.25) is 4.79 Å². The molecule has 0 spiro atoms. The second-order valence-corrected chi connectivity index (χ2v) is 5.46. The maximum absolute atomic E-state index is 12.1. The number of hydrogen-bond donors (Lipinski definition) is 2. The molecule has 0 saturated heterocycles. The highest BCUT2D eigenvalue weighted by Crippen LogP contribution is 2.27. The molecule has 3 nitrogen and oxygen atoms in total. The molecule has 2 rings (SSSR count). The minimum absolute atomic E-state index is 0.249. The van der Waals surface area contributed by atoms with Crippen LogP contribution in [0.2, 0.25) is 10.0 Å². The van der Waals surface area contributed by atoms with E-state index in [0.29, 0.717) is 25.9 Å². The van der Waals surface area contributed by atoms with E-state index in [0.717, 1.165) is 0 Å². The number of carbonyl (C=O) groups excluding carboxylic acids is 1. The molecule has 2 aromatic rings. The minimum atomic E-state index is -0.368. The van der Waals surface area contributed by atoms with Crippen LogP contribution in [0.15, 0.2) is 40.9 Å². The van der Waals surface area contributed by atoms with Crippen LogP contribution in [0.1, 0.15) is 10.4 Å². The van der Waals surface area contributed by atoms with E-state index in [9.17, 15) is 4.79 Å². The molecular formula is C13H9BrCl2N2O. The molecule has 2 aromatic carbocycles. The van der Waals surface area contributed by atoms with Gasteiger partial charge >= 0.3 is 0 Å². The van der Waals surface area contributed by atoms with Crippen LogP contribution < -0.4 is 11.1 Å². The summed E-state index contributed by atoms with van der Waals surface area (Å²) in [4.78, 5) is 12.1. The fourth-order valence-electron chi connectivity index (χ4n) is 1.51. The number of halogens is 3. The Balaban J connectivity index is 2.28. The number of nitrogens with two attached hydrogens (primary N) is 1. The Morgan fingerprint density at radius 2 is 1.79 bits per heavy atom. The van der Waals surface area contributed by atoms with Crippen LogP contribution in [0.25, 0.3) is 0 Å². The van der Waals surface area contributed by atoms with Gasteiger partial charge < -0.3 is 11.1 Å². The molecule has 0 atom stereocenters. The Morgan fingerprint density at radius 1 is 1.16 bits per heavy atom. The molecule has 0 aliphatic carbocycles. The molecule has 19 heavy (non-hydrogen) atoms. The summed E-state index contributed by atoms with van der Waals surface area (Å²) in [7, 11) is 0. The second kappa shape index (κ2) is 5.82. The van der Waals surface area contributed by atoms with Crippen molar-refractivity contribution in [3.8, 4) is 0 Å². The lowest BCUT2D eigenvalue weighted by molar-refractivity contribution is 0.102. The Kier molecular flexibility index (Phi) is 4.34. The van der Waals surface area contributed by atoms with Crippen LogP contribution in [-0.4, -0.2) is 5.91 Å². The van der Waals surface area contributed by atoms with Crippen molar-refractivity contribution in [1.82, 2.24) is 0 Å². The van der Waals surface area contributed by atoms with E-state index in [2.05, 4.69) is 21.2 Å². The van der Waals surface area contributed by atoms with Gasteiger partial charge in [0.2, 0.25) is 0 Å². The van der Waals surface area contributed by atoms with E-state index in [1.54, 1.807) is 36.4 Å². The van der Waals surface area contributed by atoms with Crippen molar-refractivity contribution in [2.24, 2.45) is 0 Å². The van der Waals surface area contributed by atoms with Gasteiger partial charge in [-0.15, -0.1) is 0 Å². The molecule has 98 valence electrons. The Morgan fingerprint density at radius 3 is 2.37 bits per heavy atom. The second-order valence-electron chi connectivity index (χ2n) is 3.79. The molecule has 0 heterocycles. The zero-order chi connectivity index (χ0) is 14.0. The van der Waals surface area contributed by atoms with Crippen LogP contribution in [-0.2, 0) is 0 Å². The average Bonchev–Trinajstić information content (AvgIpc) is 2.33. The number of anilines is 2. The number of amides is 1. The smallest absolute Gasteiger partial charge is 0.258 e. The number of nitrogens with one attached hydrogen (secondary N) is 1. The van der Waals surface area contributed by atoms with E-state index in [1.165, 1.54) is 0 Å². The number of hydrogen-bond acceptors (Lipinski definition) is 2. The van der Waals surface area contributed by atoms with Gasteiger partial charge in [-0.05, 0) is 46.3 Å². The maximum atomic E-state index is 12.1. The molecule has 0 aliphatic rings. The first-order chi connectivity index (χ1) is 8.99. The van der Waals surface area contributed by atoms with Crippen LogP contribution >= 0.6 is 39.1 Å². The van der Waals surface area contributed by atoms with Gasteiger partial charge in [0.15, 0.2) is 0 Å². The quantitative estimate of drug-likeness (QED) is 0.770. The van der Waals surface area contributed by atoms with Gasteiger partial charge in [0.25, 0.3) is 5.91 Å². The largest absolute Gasteiger partial charge is 0.398 e. The van der Waals surface area contributed by atoms with Gasteiger partial charge in [0.1, 0.15) is 0 Å². The first-order valence-corrected chi connectivity index (χ1v) is 6.84. The third-order valence-electron chi connectivity index (χ3n) is 2.45. The molecule has 0 unspecified atom stereocenters. The predicted octanol–water partition coefficient (Wildman–Crippen LogP) is 4.59. The van der Waals surface area contributed by atoms with Gasteiger partial charge in [-0.1, -0.05) is 29.3 Å². The Hall–Kier alpha value is -1.23. The van der Waals surface area contributed by atoms with E-state index in [1.807, 2.05) is 0 Å². The summed E-state index contributed by atoms with van der Waals surface area (Å²) in [5.41, 5.74) is 7.12. The number of rotatable bonds is 2. The zero-order valence-electron chi connectivity index (χ0n) is 9.58. The van der Waals surface area contributed by atoms with Crippen molar-refractivity contribution in [2.75, 3.05) is 11.1 Å². The lowest BCUT2D eigenvalue weighted by Crippen LogP contribution is -2.13. The third kappa shape index (κ3) is 3.21. The van der Waals surface area contributed by atoms with Crippen molar-refractivity contribution in [3.63, 3.8) is 0 Å². The lowest BCUT2D eigenvalue weighted by Gasteiger charge is -2.09. The number of carbonyl (C=O) groups is 1. The van der Waals surface area contributed by atoms with Gasteiger partial charge in [-0.2, -0.15) is 0 Å². The van der Waals surface area contributed by atoms with Crippen molar-refractivity contribution in [3.05, 3.63) is 56.5 Å². The van der Waals surface area contributed by atoms with Gasteiger partial charge in [-0.25, -0.2) is 0 Å². The highest BCUT2D eigenvalue weighted by Gasteiger charge is 2.14. The normalized spacial score (nSPS) is 10.3.